The van der Waals surface area contributed by atoms with Crippen molar-refractivity contribution >= 4 is 5.91 Å². The molecule has 0 unspecified atom stereocenters. The van der Waals surface area contributed by atoms with Gasteiger partial charge in [-0.25, -0.2) is 0 Å². The van der Waals surface area contributed by atoms with E-state index in [2.05, 4.69) is 36.5 Å². The SMILES string of the molecule is CCCCCCOc1cccc(C[C@@H]2C[C@@H](c3ccc(OC)c(OC4CCCC4)c3)CNC2=O)c1. The number of piperidine rings is 1. The van der Waals surface area contributed by atoms with Crippen molar-refractivity contribution in [3.63, 3.8) is 0 Å². The summed E-state index contributed by atoms with van der Waals surface area (Å²) >= 11 is 0. The van der Waals surface area contributed by atoms with Gasteiger partial charge >= 0.3 is 0 Å². The van der Waals surface area contributed by atoms with Gasteiger partial charge in [0.15, 0.2) is 11.5 Å². The fourth-order valence-electron chi connectivity index (χ4n) is 5.32. The van der Waals surface area contributed by atoms with Crippen molar-refractivity contribution < 1.29 is 19.0 Å². The molecular weight excluding hydrogens is 438 g/mol. The number of methoxy groups -OCH3 is 1. The molecule has 2 aliphatic rings. The van der Waals surface area contributed by atoms with E-state index in [1.165, 1.54) is 37.7 Å². The van der Waals surface area contributed by atoms with Gasteiger partial charge < -0.3 is 19.5 Å². The van der Waals surface area contributed by atoms with Crippen molar-refractivity contribution in [1.29, 1.82) is 0 Å². The lowest BCUT2D eigenvalue weighted by molar-refractivity contribution is -0.126. The molecule has 1 amide bonds. The summed E-state index contributed by atoms with van der Waals surface area (Å²) in [6, 6.07) is 14.5. The molecule has 2 aromatic rings. The van der Waals surface area contributed by atoms with Crippen LogP contribution in [0.3, 0.4) is 0 Å². The summed E-state index contributed by atoms with van der Waals surface area (Å²) in [4.78, 5) is 12.7. The van der Waals surface area contributed by atoms with Crippen LogP contribution in [-0.2, 0) is 11.2 Å². The number of hydrogen-bond donors (Lipinski definition) is 1. The van der Waals surface area contributed by atoms with Gasteiger partial charge in [-0.05, 0) is 80.3 Å². The second kappa shape index (κ2) is 12.9. The Morgan fingerprint density at radius 2 is 1.86 bits per heavy atom. The van der Waals surface area contributed by atoms with Crippen molar-refractivity contribution in [2.75, 3.05) is 20.3 Å². The van der Waals surface area contributed by atoms with Gasteiger partial charge in [0.05, 0.1) is 19.8 Å². The van der Waals surface area contributed by atoms with Gasteiger partial charge in [0.25, 0.3) is 0 Å². The quantitative estimate of drug-likeness (QED) is 0.356. The van der Waals surface area contributed by atoms with Gasteiger partial charge in [-0.1, -0.05) is 44.4 Å². The first kappa shape index (κ1) is 25.4. The Morgan fingerprint density at radius 3 is 2.66 bits per heavy atom. The summed E-state index contributed by atoms with van der Waals surface area (Å²) in [5.74, 6) is 2.85. The maximum absolute atomic E-state index is 12.7. The third kappa shape index (κ3) is 7.16. The maximum Gasteiger partial charge on any atom is 0.223 e. The normalized spacial score (nSPS) is 20.5. The average molecular weight is 480 g/mol. The second-order valence-electron chi connectivity index (χ2n) is 10.1. The van der Waals surface area contributed by atoms with Crippen molar-refractivity contribution in [1.82, 2.24) is 5.32 Å². The van der Waals surface area contributed by atoms with Gasteiger partial charge in [0.2, 0.25) is 5.91 Å². The van der Waals surface area contributed by atoms with E-state index in [4.69, 9.17) is 14.2 Å². The molecule has 190 valence electrons. The summed E-state index contributed by atoms with van der Waals surface area (Å²) in [7, 11) is 1.69. The van der Waals surface area contributed by atoms with Crippen LogP contribution >= 0.6 is 0 Å². The molecule has 2 aromatic carbocycles. The Labute approximate surface area is 210 Å². The molecule has 5 nitrogen and oxygen atoms in total. The van der Waals surface area contributed by atoms with E-state index in [0.717, 1.165) is 61.5 Å². The number of rotatable bonds is 12. The number of carbonyl (C=O) groups excluding carboxylic acids is 1. The Hall–Kier alpha value is -2.69. The molecule has 0 spiro atoms. The minimum absolute atomic E-state index is 0.0603. The third-order valence-electron chi connectivity index (χ3n) is 7.36. The minimum Gasteiger partial charge on any atom is -0.494 e. The topological polar surface area (TPSA) is 56.8 Å². The highest BCUT2D eigenvalue weighted by atomic mass is 16.5. The van der Waals surface area contributed by atoms with Gasteiger partial charge in [0.1, 0.15) is 5.75 Å². The van der Waals surface area contributed by atoms with Crippen molar-refractivity contribution in [3.8, 4) is 17.2 Å². The molecule has 4 rings (SSSR count). The van der Waals surface area contributed by atoms with Crippen molar-refractivity contribution in [2.24, 2.45) is 5.92 Å². The molecule has 1 aliphatic carbocycles. The monoisotopic (exact) mass is 479 g/mol. The third-order valence-corrected chi connectivity index (χ3v) is 7.36. The van der Waals surface area contributed by atoms with Crippen LogP contribution in [0.25, 0.3) is 0 Å². The van der Waals surface area contributed by atoms with Crippen LogP contribution in [0, 0.1) is 5.92 Å². The number of amides is 1. The van der Waals surface area contributed by atoms with E-state index in [1.807, 2.05) is 18.2 Å². The summed E-state index contributed by atoms with van der Waals surface area (Å²) in [6.45, 7) is 3.62. The van der Waals surface area contributed by atoms with Crippen LogP contribution < -0.4 is 19.5 Å². The van der Waals surface area contributed by atoms with Crippen molar-refractivity contribution in [2.45, 2.75) is 83.2 Å². The molecule has 1 heterocycles. The van der Waals surface area contributed by atoms with Crippen LogP contribution in [-0.4, -0.2) is 32.3 Å². The van der Waals surface area contributed by atoms with Crippen LogP contribution in [0.4, 0.5) is 0 Å². The van der Waals surface area contributed by atoms with Gasteiger partial charge in [-0.3, -0.25) is 4.79 Å². The van der Waals surface area contributed by atoms with Gasteiger partial charge in [0, 0.05) is 18.4 Å². The molecule has 0 radical (unpaired) electrons. The van der Waals surface area contributed by atoms with E-state index in [-0.39, 0.29) is 23.8 Å². The number of benzene rings is 2. The number of carbonyl (C=O) groups is 1. The molecule has 1 saturated heterocycles. The lowest BCUT2D eigenvalue weighted by Crippen LogP contribution is -2.41. The lowest BCUT2D eigenvalue weighted by atomic mass is 9.82. The largest absolute Gasteiger partial charge is 0.494 e. The fraction of sp³-hybridized carbons (Fsp3) is 0.567. The smallest absolute Gasteiger partial charge is 0.223 e. The summed E-state index contributed by atoms with van der Waals surface area (Å²) < 4.78 is 17.8. The summed E-state index contributed by atoms with van der Waals surface area (Å²) in [5.41, 5.74) is 2.35. The molecule has 1 aliphatic heterocycles. The zero-order chi connectivity index (χ0) is 24.5. The van der Waals surface area contributed by atoms with E-state index < -0.39 is 0 Å². The predicted molar refractivity (Wildman–Crippen MR) is 140 cm³/mol. The van der Waals surface area contributed by atoms with Gasteiger partial charge in [-0.2, -0.15) is 0 Å². The van der Waals surface area contributed by atoms with Crippen LogP contribution in [0.2, 0.25) is 0 Å². The van der Waals surface area contributed by atoms with E-state index >= 15 is 0 Å². The highest BCUT2D eigenvalue weighted by Crippen LogP contribution is 2.37. The summed E-state index contributed by atoms with van der Waals surface area (Å²) in [6.07, 6.45) is 11.3. The molecule has 2 atom stereocenters. The van der Waals surface area contributed by atoms with Crippen LogP contribution in [0.5, 0.6) is 17.2 Å². The molecule has 1 saturated carbocycles. The Kier molecular flexibility index (Phi) is 9.33. The minimum atomic E-state index is -0.0603. The number of unbranched alkanes of at least 4 members (excludes halogenated alkanes) is 3. The standard InChI is InChI=1S/C30H41NO4/c1-3-4-5-8-16-34-27-13-9-10-22(18-27)17-24-19-25(21-31-30(24)32)23-14-15-28(33-2)29(20-23)35-26-11-6-7-12-26/h9-10,13-15,18,20,24-26H,3-8,11-12,16-17,19,21H2,1-2H3,(H,31,32)/t24-,25-/m1/s1. The lowest BCUT2D eigenvalue weighted by Gasteiger charge is -2.30. The second-order valence-corrected chi connectivity index (χ2v) is 10.1. The predicted octanol–water partition coefficient (Wildman–Crippen LogP) is 6.44. The zero-order valence-electron chi connectivity index (χ0n) is 21.4. The molecule has 0 aromatic heterocycles. The first-order valence-electron chi connectivity index (χ1n) is 13.5. The van der Waals surface area contributed by atoms with E-state index in [9.17, 15) is 4.79 Å². The Bertz CT molecular complexity index is 953. The average Bonchev–Trinajstić information content (AvgIpc) is 3.39. The van der Waals surface area contributed by atoms with Crippen LogP contribution in [0.1, 0.15) is 81.8 Å². The van der Waals surface area contributed by atoms with Gasteiger partial charge in [-0.15, -0.1) is 0 Å². The first-order chi connectivity index (χ1) is 17.2. The number of ether oxygens (including phenoxy) is 3. The molecule has 0 bridgehead atoms. The van der Waals surface area contributed by atoms with Crippen LogP contribution in [0.15, 0.2) is 42.5 Å². The molecule has 1 N–H and O–H groups in total. The van der Waals surface area contributed by atoms with E-state index in [0.29, 0.717) is 6.54 Å². The zero-order valence-corrected chi connectivity index (χ0v) is 21.4. The fourth-order valence-corrected chi connectivity index (χ4v) is 5.32. The molecular formula is C30H41NO4. The first-order valence-corrected chi connectivity index (χ1v) is 13.5. The van der Waals surface area contributed by atoms with Crippen molar-refractivity contribution in [3.05, 3.63) is 53.6 Å². The molecule has 5 heteroatoms. The highest BCUT2D eigenvalue weighted by Gasteiger charge is 2.30. The van der Waals surface area contributed by atoms with E-state index in [1.54, 1.807) is 7.11 Å². The Morgan fingerprint density at radius 1 is 1.00 bits per heavy atom. The maximum atomic E-state index is 12.7. The highest BCUT2D eigenvalue weighted by molar-refractivity contribution is 5.80. The molecule has 35 heavy (non-hydrogen) atoms. The number of nitrogens with one attached hydrogen (secondary N) is 1. The molecule has 2 fully saturated rings. The summed E-state index contributed by atoms with van der Waals surface area (Å²) in [5, 5.41) is 3.15. The number of hydrogen-bond acceptors (Lipinski definition) is 4. The Balaban J connectivity index is 1.39.